The Labute approximate surface area is 135 Å². The summed E-state index contributed by atoms with van der Waals surface area (Å²) < 4.78 is 15.9. The quantitative estimate of drug-likeness (QED) is 0.844. The van der Waals surface area contributed by atoms with Gasteiger partial charge in [-0.25, -0.2) is 4.79 Å². The number of Topliss-reactive ketones (excluding diaryl/α,β-unsaturated/α-hetero) is 2. The van der Waals surface area contributed by atoms with Gasteiger partial charge in [-0.15, -0.1) is 0 Å². The van der Waals surface area contributed by atoms with E-state index in [0.717, 1.165) is 0 Å². The lowest BCUT2D eigenvalue weighted by Crippen LogP contribution is -2.25. The molecule has 120 valence electrons. The Kier molecular flexibility index (Phi) is 2.86. The second-order valence-corrected chi connectivity index (χ2v) is 5.25. The zero-order chi connectivity index (χ0) is 17.0. The maximum absolute atomic E-state index is 12.6. The first-order valence-electron chi connectivity index (χ1n) is 7.01. The number of carbonyl (C=O) groups is 3. The van der Waals surface area contributed by atoms with E-state index in [1.165, 1.54) is 13.2 Å². The van der Waals surface area contributed by atoms with E-state index in [4.69, 9.17) is 14.2 Å². The van der Waals surface area contributed by atoms with Gasteiger partial charge in [0.2, 0.25) is 18.4 Å². The molecule has 0 fully saturated rings. The zero-order valence-electron chi connectivity index (χ0n) is 12.4. The fourth-order valence-corrected chi connectivity index (χ4v) is 3.07. The van der Waals surface area contributed by atoms with Crippen molar-refractivity contribution in [2.45, 2.75) is 0 Å². The van der Waals surface area contributed by atoms with Gasteiger partial charge in [0, 0.05) is 11.1 Å². The van der Waals surface area contributed by atoms with E-state index in [0.29, 0.717) is 5.56 Å². The largest absolute Gasteiger partial charge is 0.496 e. The number of fused-ring (bicyclic) bond motifs is 5. The van der Waals surface area contributed by atoms with Gasteiger partial charge in [0.15, 0.2) is 11.5 Å². The number of carboxylic acid groups (broad SMARTS) is 1. The molecular weight excluding hydrogens is 316 g/mol. The number of benzene rings is 2. The predicted molar refractivity (Wildman–Crippen MR) is 80.2 cm³/mol. The number of hydrogen-bond donors (Lipinski definition) is 1. The number of carboxylic acids is 1. The van der Waals surface area contributed by atoms with Crippen LogP contribution in [0.4, 0.5) is 0 Å². The summed E-state index contributed by atoms with van der Waals surface area (Å²) in [5.41, 5.74) is 0.260. The smallest absolute Gasteiger partial charge is 0.336 e. The monoisotopic (exact) mass is 326 g/mol. The number of aromatic carboxylic acids is 1. The van der Waals surface area contributed by atoms with Crippen molar-refractivity contribution in [2.75, 3.05) is 13.9 Å². The van der Waals surface area contributed by atoms with Crippen LogP contribution >= 0.6 is 0 Å². The molecule has 0 radical (unpaired) electrons. The topological polar surface area (TPSA) is 99.1 Å². The van der Waals surface area contributed by atoms with Crippen LogP contribution in [0.25, 0.3) is 11.1 Å². The van der Waals surface area contributed by atoms with Crippen molar-refractivity contribution in [3.63, 3.8) is 0 Å². The lowest BCUT2D eigenvalue weighted by atomic mass is 9.80. The number of ether oxygens (including phenoxy) is 3. The predicted octanol–water partition coefficient (Wildman–Crippen LogP) is 2.17. The Balaban J connectivity index is 2.18. The molecule has 0 aromatic heterocycles. The van der Waals surface area contributed by atoms with E-state index < -0.39 is 17.5 Å². The van der Waals surface area contributed by atoms with E-state index in [1.54, 1.807) is 18.2 Å². The van der Waals surface area contributed by atoms with Gasteiger partial charge in [-0.1, -0.05) is 12.1 Å². The van der Waals surface area contributed by atoms with Crippen LogP contribution in [0.2, 0.25) is 0 Å². The van der Waals surface area contributed by atoms with Gasteiger partial charge in [0.25, 0.3) is 0 Å². The second-order valence-electron chi connectivity index (χ2n) is 5.25. The minimum absolute atomic E-state index is 0.0910. The van der Waals surface area contributed by atoms with Crippen LogP contribution in [-0.4, -0.2) is 36.5 Å². The first kappa shape index (κ1) is 14.3. The third kappa shape index (κ3) is 1.69. The molecular formula is C17H10O7. The highest BCUT2D eigenvalue weighted by atomic mass is 16.7. The number of ketones is 2. The van der Waals surface area contributed by atoms with Crippen molar-refractivity contribution >= 4 is 17.5 Å². The van der Waals surface area contributed by atoms with E-state index in [9.17, 15) is 19.5 Å². The highest BCUT2D eigenvalue weighted by Gasteiger charge is 2.40. The van der Waals surface area contributed by atoms with Gasteiger partial charge in [0.05, 0.1) is 23.8 Å². The summed E-state index contributed by atoms with van der Waals surface area (Å²) >= 11 is 0. The number of methoxy groups -OCH3 is 1. The molecule has 7 heteroatoms. The van der Waals surface area contributed by atoms with Crippen LogP contribution in [0.1, 0.15) is 31.1 Å². The molecule has 0 amide bonds. The van der Waals surface area contributed by atoms with Crippen molar-refractivity contribution in [3.05, 3.63) is 41.0 Å². The summed E-state index contributed by atoms with van der Waals surface area (Å²) in [6, 6.07) is 6.04. The molecule has 24 heavy (non-hydrogen) atoms. The van der Waals surface area contributed by atoms with Crippen LogP contribution in [0.15, 0.2) is 24.3 Å². The maximum atomic E-state index is 12.6. The first-order chi connectivity index (χ1) is 11.5. The Morgan fingerprint density at radius 3 is 2.58 bits per heavy atom. The van der Waals surface area contributed by atoms with Crippen LogP contribution in [-0.2, 0) is 0 Å². The molecule has 1 heterocycles. The molecule has 7 nitrogen and oxygen atoms in total. The van der Waals surface area contributed by atoms with Crippen LogP contribution < -0.4 is 14.2 Å². The molecule has 0 saturated heterocycles. The highest BCUT2D eigenvalue weighted by Crippen LogP contribution is 2.50. The Hall–Kier alpha value is -3.35. The zero-order valence-corrected chi connectivity index (χ0v) is 12.4. The third-order valence-corrected chi connectivity index (χ3v) is 4.07. The van der Waals surface area contributed by atoms with Crippen molar-refractivity contribution in [1.29, 1.82) is 0 Å². The summed E-state index contributed by atoms with van der Waals surface area (Å²) in [4.78, 5) is 36.7. The molecule has 1 aliphatic carbocycles. The third-order valence-electron chi connectivity index (χ3n) is 4.07. The number of carbonyl (C=O) groups excluding carboxylic acids is 2. The molecule has 0 bridgehead atoms. The first-order valence-corrected chi connectivity index (χ1v) is 7.01. The molecule has 1 aliphatic heterocycles. The Morgan fingerprint density at radius 1 is 1.12 bits per heavy atom. The molecule has 0 spiro atoms. The molecule has 2 aliphatic rings. The number of hydrogen-bond acceptors (Lipinski definition) is 6. The second kappa shape index (κ2) is 4.82. The fraction of sp³-hybridized carbons (Fsp3) is 0.118. The normalized spacial score (nSPS) is 14.2. The average molecular weight is 326 g/mol. The molecule has 2 aromatic carbocycles. The summed E-state index contributed by atoms with van der Waals surface area (Å²) in [6.07, 6.45) is 0. The van der Waals surface area contributed by atoms with Gasteiger partial charge in [-0.05, 0) is 12.1 Å². The van der Waals surface area contributed by atoms with Crippen LogP contribution in [0.3, 0.4) is 0 Å². The van der Waals surface area contributed by atoms with Crippen LogP contribution in [0.5, 0.6) is 17.2 Å². The van der Waals surface area contributed by atoms with Crippen molar-refractivity contribution in [1.82, 2.24) is 0 Å². The van der Waals surface area contributed by atoms with Gasteiger partial charge < -0.3 is 19.3 Å². The average Bonchev–Trinajstić information content (AvgIpc) is 3.05. The van der Waals surface area contributed by atoms with E-state index in [-0.39, 0.29) is 46.3 Å². The summed E-state index contributed by atoms with van der Waals surface area (Å²) in [7, 11) is 1.39. The minimum atomic E-state index is -1.32. The summed E-state index contributed by atoms with van der Waals surface area (Å²) in [6.45, 7) is -0.0910. The standard InChI is InChI=1S/C17H10O7/c1-22-9-4-2-3-7-11(9)14(18)15(19)12-8(17(20)21)5-10-16(13(7)12)24-6-23-10/h2-5H,6H2,1H3,(H,20,21). The van der Waals surface area contributed by atoms with Gasteiger partial charge in [0.1, 0.15) is 5.75 Å². The summed E-state index contributed by atoms with van der Waals surface area (Å²) in [5.74, 6) is -2.32. The van der Waals surface area contributed by atoms with E-state index >= 15 is 0 Å². The molecule has 2 aromatic rings. The SMILES string of the molecule is COc1cccc2c1C(=O)C(=O)c1c(C(=O)O)cc3c(c1-2)OCO3. The minimum Gasteiger partial charge on any atom is -0.496 e. The molecule has 4 rings (SSSR count). The van der Waals surface area contributed by atoms with Gasteiger partial charge in [-0.3, -0.25) is 9.59 Å². The van der Waals surface area contributed by atoms with Crippen LogP contribution in [0, 0.1) is 0 Å². The lowest BCUT2D eigenvalue weighted by molar-refractivity contribution is 0.0690. The molecule has 0 saturated carbocycles. The highest BCUT2D eigenvalue weighted by molar-refractivity contribution is 6.54. The number of rotatable bonds is 2. The molecule has 0 unspecified atom stereocenters. The van der Waals surface area contributed by atoms with Gasteiger partial charge >= 0.3 is 5.97 Å². The molecule has 1 N–H and O–H groups in total. The summed E-state index contributed by atoms with van der Waals surface area (Å²) in [5, 5.41) is 9.44. The van der Waals surface area contributed by atoms with E-state index in [1.807, 2.05) is 0 Å². The Bertz CT molecular complexity index is 942. The van der Waals surface area contributed by atoms with E-state index in [2.05, 4.69) is 0 Å². The lowest BCUT2D eigenvalue weighted by Gasteiger charge is -2.22. The molecule has 0 atom stereocenters. The van der Waals surface area contributed by atoms with Crippen molar-refractivity contribution in [3.8, 4) is 28.4 Å². The Morgan fingerprint density at radius 2 is 1.88 bits per heavy atom. The van der Waals surface area contributed by atoms with Crippen molar-refractivity contribution < 1.29 is 33.7 Å². The fourth-order valence-electron chi connectivity index (χ4n) is 3.07. The maximum Gasteiger partial charge on any atom is 0.336 e. The van der Waals surface area contributed by atoms with Crippen molar-refractivity contribution in [2.24, 2.45) is 0 Å². The van der Waals surface area contributed by atoms with Gasteiger partial charge in [-0.2, -0.15) is 0 Å².